The van der Waals surface area contributed by atoms with E-state index in [1.165, 1.54) is 35.2 Å². The lowest BCUT2D eigenvalue weighted by Gasteiger charge is -2.14. The van der Waals surface area contributed by atoms with Crippen molar-refractivity contribution in [3.63, 3.8) is 0 Å². The Kier molecular flexibility index (Phi) is 5.77. The van der Waals surface area contributed by atoms with Crippen molar-refractivity contribution < 1.29 is 9.18 Å². The molecule has 1 aromatic carbocycles. The third kappa shape index (κ3) is 4.28. The van der Waals surface area contributed by atoms with E-state index in [1.54, 1.807) is 16.7 Å². The van der Waals surface area contributed by atoms with Gasteiger partial charge >= 0.3 is 0 Å². The molecule has 0 bridgehead atoms. The van der Waals surface area contributed by atoms with E-state index < -0.39 is 0 Å². The number of carbonyl (C=O) groups is 1. The first-order valence-corrected chi connectivity index (χ1v) is 11.1. The maximum absolute atomic E-state index is 13.2. The quantitative estimate of drug-likeness (QED) is 0.490. The molecule has 1 amide bonds. The smallest absolute Gasteiger partial charge is 0.272 e. The fraction of sp³-hybridized carbons (Fsp3) is 0.350. The first kappa shape index (κ1) is 19.1. The minimum Gasteiger partial charge on any atom is -0.353 e. The van der Waals surface area contributed by atoms with E-state index in [2.05, 4.69) is 10.3 Å². The number of hydrogen-bond donors (Lipinski definition) is 1. The molecular weight excluding hydrogens is 397 g/mol. The number of nitrogens with zero attached hydrogens (tertiary/aromatic N) is 2. The molecular formula is C20H20FN3O2S2. The van der Waals surface area contributed by atoms with Crippen LogP contribution in [0.2, 0.25) is 0 Å². The molecule has 1 saturated carbocycles. The predicted octanol–water partition coefficient (Wildman–Crippen LogP) is 3.80. The zero-order valence-electron chi connectivity index (χ0n) is 15.2. The Hall–Kier alpha value is -2.19. The van der Waals surface area contributed by atoms with Crippen molar-refractivity contribution in [2.45, 2.75) is 43.4 Å². The van der Waals surface area contributed by atoms with Crippen LogP contribution in [0.5, 0.6) is 0 Å². The van der Waals surface area contributed by atoms with Crippen LogP contribution >= 0.6 is 23.1 Å². The third-order valence-corrected chi connectivity index (χ3v) is 6.71. The van der Waals surface area contributed by atoms with Crippen molar-refractivity contribution >= 4 is 39.2 Å². The Morgan fingerprint density at radius 3 is 2.75 bits per heavy atom. The van der Waals surface area contributed by atoms with Crippen LogP contribution in [0.3, 0.4) is 0 Å². The lowest BCUT2D eigenvalue weighted by atomic mass is 10.2. The van der Waals surface area contributed by atoms with Gasteiger partial charge in [-0.1, -0.05) is 36.7 Å². The standard InChI is InChI=1S/C20H20FN3O2S2/c21-14-7-5-13(6-8-14)11-24-19(26)18-16(9-10-27-18)23-20(24)28-12-17(25)22-15-3-1-2-4-15/h5-10,15H,1-4,11-12H2,(H,22,25). The number of benzene rings is 1. The van der Waals surface area contributed by atoms with Crippen molar-refractivity contribution in [1.29, 1.82) is 0 Å². The Balaban J connectivity index is 1.57. The molecule has 1 aliphatic carbocycles. The van der Waals surface area contributed by atoms with Crippen LogP contribution in [0.4, 0.5) is 4.39 Å². The average molecular weight is 418 g/mol. The monoisotopic (exact) mass is 417 g/mol. The maximum atomic E-state index is 13.2. The van der Waals surface area contributed by atoms with Crippen LogP contribution < -0.4 is 10.9 Å². The highest BCUT2D eigenvalue weighted by Crippen LogP contribution is 2.22. The topological polar surface area (TPSA) is 64.0 Å². The highest BCUT2D eigenvalue weighted by Gasteiger charge is 2.19. The molecule has 0 unspecified atom stereocenters. The van der Waals surface area contributed by atoms with Crippen LogP contribution in [-0.2, 0) is 11.3 Å². The van der Waals surface area contributed by atoms with Gasteiger partial charge in [-0.2, -0.15) is 0 Å². The molecule has 5 nitrogen and oxygen atoms in total. The van der Waals surface area contributed by atoms with E-state index in [-0.39, 0.29) is 35.6 Å². The normalized spacial score (nSPS) is 14.6. The molecule has 2 heterocycles. The summed E-state index contributed by atoms with van der Waals surface area (Å²) >= 11 is 2.61. The van der Waals surface area contributed by atoms with Crippen molar-refractivity contribution in [1.82, 2.24) is 14.9 Å². The second-order valence-electron chi connectivity index (χ2n) is 6.88. The van der Waals surface area contributed by atoms with Crippen molar-refractivity contribution in [2.75, 3.05) is 5.75 Å². The Morgan fingerprint density at radius 2 is 2.00 bits per heavy atom. The molecule has 0 radical (unpaired) electrons. The number of thiophene rings is 1. The number of nitrogens with one attached hydrogen (secondary N) is 1. The molecule has 0 spiro atoms. The summed E-state index contributed by atoms with van der Waals surface area (Å²) in [6.45, 7) is 0.284. The summed E-state index contributed by atoms with van der Waals surface area (Å²) in [5.74, 6) is -0.145. The molecule has 1 fully saturated rings. The number of hydrogen-bond acceptors (Lipinski definition) is 5. The van der Waals surface area contributed by atoms with Crippen molar-refractivity contribution in [3.05, 3.63) is 57.4 Å². The summed E-state index contributed by atoms with van der Waals surface area (Å²) in [4.78, 5) is 29.8. The SMILES string of the molecule is O=C(CSc1nc2ccsc2c(=O)n1Cc1ccc(F)cc1)NC1CCCC1. The highest BCUT2D eigenvalue weighted by molar-refractivity contribution is 7.99. The van der Waals surface area contributed by atoms with Gasteiger partial charge in [0.05, 0.1) is 17.8 Å². The van der Waals surface area contributed by atoms with Crippen LogP contribution in [0.1, 0.15) is 31.2 Å². The van der Waals surface area contributed by atoms with Gasteiger partial charge in [-0.05, 0) is 42.0 Å². The summed E-state index contributed by atoms with van der Waals surface area (Å²) in [6.07, 6.45) is 4.38. The van der Waals surface area contributed by atoms with Gasteiger partial charge in [0.1, 0.15) is 10.5 Å². The summed E-state index contributed by atoms with van der Waals surface area (Å²) in [5.41, 5.74) is 1.31. The van der Waals surface area contributed by atoms with Gasteiger partial charge in [0.15, 0.2) is 5.16 Å². The summed E-state index contributed by atoms with van der Waals surface area (Å²) in [7, 11) is 0. The van der Waals surface area contributed by atoms with Crippen LogP contribution in [-0.4, -0.2) is 27.3 Å². The number of aromatic nitrogens is 2. The first-order valence-electron chi connectivity index (χ1n) is 9.25. The first-order chi connectivity index (χ1) is 13.6. The number of rotatable bonds is 6. The third-order valence-electron chi connectivity index (χ3n) is 4.84. The van der Waals surface area contributed by atoms with Gasteiger partial charge < -0.3 is 5.32 Å². The molecule has 0 aliphatic heterocycles. The minimum absolute atomic E-state index is 0.0371. The van der Waals surface area contributed by atoms with Gasteiger partial charge in [-0.25, -0.2) is 9.37 Å². The van der Waals surface area contributed by atoms with E-state index in [4.69, 9.17) is 0 Å². The lowest BCUT2D eigenvalue weighted by Crippen LogP contribution is -2.34. The minimum atomic E-state index is -0.318. The molecule has 1 aliphatic rings. The number of amides is 1. The fourth-order valence-electron chi connectivity index (χ4n) is 3.42. The second kappa shape index (κ2) is 8.45. The summed E-state index contributed by atoms with van der Waals surface area (Å²) < 4.78 is 15.4. The van der Waals surface area contributed by atoms with Crippen molar-refractivity contribution in [3.8, 4) is 0 Å². The molecule has 0 atom stereocenters. The van der Waals surface area contributed by atoms with Gasteiger partial charge in [0.2, 0.25) is 5.91 Å². The number of fused-ring (bicyclic) bond motifs is 1. The van der Waals surface area contributed by atoms with Gasteiger partial charge in [-0.3, -0.25) is 14.2 Å². The average Bonchev–Trinajstić information content (AvgIpc) is 3.36. The van der Waals surface area contributed by atoms with E-state index >= 15 is 0 Å². The Morgan fingerprint density at radius 1 is 1.25 bits per heavy atom. The van der Waals surface area contributed by atoms with E-state index in [9.17, 15) is 14.0 Å². The zero-order chi connectivity index (χ0) is 19.5. The van der Waals surface area contributed by atoms with Gasteiger partial charge in [0, 0.05) is 6.04 Å². The molecule has 8 heteroatoms. The highest BCUT2D eigenvalue weighted by atomic mass is 32.2. The molecule has 2 aromatic heterocycles. The van der Waals surface area contributed by atoms with Crippen LogP contribution in [0.25, 0.3) is 10.2 Å². The van der Waals surface area contributed by atoms with Gasteiger partial charge in [-0.15, -0.1) is 11.3 Å². The number of thioether (sulfide) groups is 1. The Bertz CT molecular complexity index is 1040. The van der Waals surface area contributed by atoms with Crippen molar-refractivity contribution in [2.24, 2.45) is 0 Å². The predicted molar refractivity (Wildman–Crippen MR) is 111 cm³/mol. The lowest BCUT2D eigenvalue weighted by molar-refractivity contribution is -0.119. The van der Waals surface area contributed by atoms with E-state index in [0.717, 1.165) is 31.2 Å². The van der Waals surface area contributed by atoms with E-state index in [1.807, 2.05) is 11.4 Å². The number of halogens is 1. The van der Waals surface area contributed by atoms with E-state index in [0.29, 0.717) is 15.4 Å². The summed E-state index contributed by atoms with van der Waals surface area (Å²) in [6, 6.07) is 8.13. The second-order valence-corrected chi connectivity index (χ2v) is 8.74. The van der Waals surface area contributed by atoms with Gasteiger partial charge in [0.25, 0.3) is 5.56 Å². The Labute approximate surface area is 170 Å². The maximum Gasteiger partial charge on any atom is 0.272 e. The number of carbonyl (C=O) groups excluding carboxylic acids is 1. The largest absolute Gasteiger partial charge is 0.353 e. The molecule has 28 heavy (non-hydrogen) atoms. The molecule has 3 aromatic rings. The summed E-state index contributed by atoms with van der Waals surface area (Å²) in [5, 5.41) is 5.39. The molecule has 1 N–H and O–H groups in total. The van der Waals surface area contributed by atoms with Crippen LogP contribution in [0.15, 0.2) is 45.7 Å². The molecule has 0 saturated heterocycles. The van der Waals surface area contributed by atoms with Crippen LogP contribution in [0, 0.1) is 5.82 Å². The molecule has 4 rings (SSSR count). The zero-order valence-corrected chi connectivity index (χ0v) is 16.8. The molecule has 146 valence electrons. The fourth-order valence-corrected chi connectivity index (χ4v) is 5.00.